The number of carbonyl (C=O) groups is 1. The summed E-state index contributed by atoms with van der Waals surface area (Å²) in [6.45, 7) is 0. The second kappa shape index (κ2) is 4.64. The van der Waals surface area contributed by atoms with Crippen LogP contribution in [0.2, 0.25) is 0 Å². The Balaban J connectivity index is 2.90. The zero-order chi connectivity index (χ0) is 10.4. The van der Waals surface area contributed by atoms with Crippen molar-refractivity contribution in [3.05, 3.63) is 29.6 Å². The molecular formula is C10H6N2O2. The van der Waals surface area contributed by atoms with Gasteiger partial charge in [0.25, 0.3) is 0 Å². The molecule has 1 aromatic rings. The summed E-state index contributed by atoms with van der Waals surface area (Å²) >= 11 is 0. The Morgan fingerprint density at radius 2 is 2.43 bits per heavy atom. The van der Waals surface area contributed by atoms with Crippen LogP contribution >= 0.6 is 0 Å². The van der Waals surface area contributed by atoms with Crippen molar-refractivity contribution in [1.29, 1.82) is 5.26 Å². The highest BCUT2D eigenvalue weighted by molar-refractivity contribution is 5.70. The Hall–Kier alpha value is -2.33. The molecule has 0 aliphatic carbocycles. The molecule has 0 saturated carbocycles. The molecule has 0 unspecified atom stereocenters. The summed E-state index contributed by atoms with van der Waals surface area (Å²) in [4.78, 5) is 14.0. The van der Waals surface area contributed by atoms with E-state index in [2.05, 4.69) is 16.8 Å². The Morgan fingerprint density at radius 3 is 3.07 bits per heavy atom. The highest BCUT2D eigenvalue weighted by Gasteiger charge is 1.97. The molecule has 0 aliphatic rings. The summed E-state index contributed by atoms with van der Waals surface area (Å²) < 4.78 is 0. The van der Waals surface area contributed by atoms with Crippen molar-refractivity contribution in [2.45, 2.75) is 6.42 Å². The molecule has 1 aromatic heterocycles. The lowest BCUT2D eigenvalue weighted by molar-refractivity contribution is -0.135. The lowest BCUT2D eigenvalue weighted by Gasteiger charge is -1.90. The van der Waals surface area contributed by atoms with E-state index in [1.165, 1.54) is 6.20 Å². The van der Waals surface area contributed by atoms with Gasteiger partial charge in [-0.3, -0.25) is 4.79 Å². The van der Waals surface area contributed by atoms with Crippen molar-refractivity contribution in [3.63, 3.8) is 0 Å². The molecule has 4 heteroatoms. The molecule has 0 atom stereocenters. The molecule has 0 aromatic carbocycles. The van der Waals surface area contributed by atoms with E-state index in [4.69, 9.17) is 10.4 Å². The van der Waals surface area contributed by atoms with Gasteiger partial charge in [-0.2, -0.15) is 5.26 Å². The zero-order valence-corrected chi connectivity index (χ0v) is 7.19. The summed E-state index contributed by atoms with van der Waals surface area (Å²) in [5.41, 5.74) is 0.668. The number of nitrogens with zero attached hydrogens (tertiary/aromatic N) is 2. The van der Waals surface area contributed by atoms with Crippen LogP contribution in [0.15, 0.2) is 18.3 Å². The fourth-order valence-electron chi connectivity index (χ4n) is 0.799. The quantitative estimate of drug-likeness (QED) is 0.657. The molecule has 1 rings (SSSR count). The minimum absolute atomic E-state index is 0.249. The molecule has 1 heterocycles. The van der Waals surface area contributed by atoms with Gasteiger partial charge in [-0.05, 0) is 18.1 Å². The predicted octanol–water partition coefficient (Wildman–Crippen LogP) is 0.779. The molecule has 0 fully saturated rings. The van der Waals surface area contributed by atoms with Gasteiger partial charge in [0.05, 0.1) is 5.56 Å². The van der Waals surface area contributed by atoms with E-state index in [1.54, 1.807) is 12.1 Å². The minimum Gasteiger partial charge on any atom is -0.481 e. The monoisotopic (exact) mass is 186 g/mol. The van der Waals surface area contributed by atoms with Crippen molar-refractivity contribution >= 4 is 5.97 Å². The Kier molecular flexibility index (Phi) is 3.23. The van der Waals surface area contributed by atoms with Crippen LogP contribution in [0.25, 0.3) is 0 Å². The van der Waals surface area contributed by atoms with E-state index < -0.39 is 5.97 Å². The first kappa shape index (κ1) is 9.76. The summed E-state index contributed by atoms with van der Waals surface area (Å²) in [6, 6.07) is 5.13. The van der Waals surface area contributed by atoms with Crippen LogP contribution in [-0.2, 0) is 4.79 Å². The number of pyridine rings is 1. The third kappa shape index (κ3) is 2.62. The van der Waals surface area contributed by atoms with Gasteiger partial charge in [-0.15, -0.1) is 0 Å². The highest BCUT2D eigenvalue weighted by atomic mass is 16.4. The van der Waals surface area contributed by atoms with Gasteiger partial charge in [0.1, 0.15) is 18.2 Å². The number of aromatic nitrogens is 1. The van der Waals surface area contributed by atoms with Crippen molar-refractivity contribution in [1.82, 2.24) is 4.98 Å². The van der Waals surface area contributed by atoms with Crippen LogP contribution in [0.5, 0.6) is 0 Å². The summed E-state index contributed by atoms with van der Waals surface area (Å²) in [6.07, 6.45) is 1.26. The van der Waals surface area contributed by atoms with Gasteiger partial charge < -0.3 is 5.11 Å². The third-order valence-electron chi connectivity index (χ3n) is 1.37. The second-order valence-electron chi connectivity index (χ2n) is 2.38. The van der Waals surface area contributed by atoms with Gasteiger partial charge in [0.2, 0.25) is 0 Å². The Morgan fingerprint density at radius 1 is 1.64 bits per heavy atom. The molecule has 0 radical (unpaired) electrons. The second-order valence-corrected chi connectivity index (χ2v) is 2.38. The number of hydrogen-bond donors (Lipinski definition) is 1. The number of aliphatic carboxylic acids is 1. The number of carboxylic acid groups (broad SMARTS) is 1. The smallest absolute Gasteiger partial charge is 0.315 e. The number of hydrogen-bond acceptors (Lipinski definition) is 3. The molecule has 68 valence electrons. The fraction of sp³-hybridized carbons (Fsp3) is 0.100. The minimum atomic E-state index is -0.994. The summed E-state index contributed by atoms with van der Waals surface area (Å²) in [5.74, 6) is 3.95. The molecular weight excluding hydrogens is 180 g/mol. The molecule has 0 spiro atoms. The van der Waals surface area contributed by atoms with Gasteiger partial charge in [0, 0.05) is 6.20 Å². The van der Waals surface area contributed by atoms with Crippen molar-refractivity contribution in [3.8, 4) is 17.9 Å². The maximum atomic E-state index is 10.2. The van der Waals surface area contributed by atoms with Crippen molar-refractivity contribution < 1.29 is 9.90 Å². The first-order valence-corrected chi connectivity index (χ1v) is 3.80. The van der Waals surface area contributed by atoms with Crippen molar-refractivity contribution in [2.75, 3.05) is 0 Å². The van der Waals surface area contributed by atoms with E-state index >= 15 is 0 Å². The zero-order valence-electron chi connectivity index (χ0n) is 7.19. The van der Waals surface area contributed by atoms with Crippen LogP contribution in [0.1, 0.15) is 17.7 Å². The van der Waals surface area contributed by atoms with Crippen molar-refractivity contribution in [2.24, 2.45) is 0 Å². The Labute approximate surface area is 80.8 Å². The molecule has 1 N–H and O–H groups in total. The number of nitriles is 1. The highest BCUT2D eigenvalue weighted by Crippen LogP contribution is 2.00. The average molecular weight is 186 g/mol. The van der Waals surface area contributed by atoms with E-state index in [-0.39, 0.29) is 6.42 Å². The molecule has 0 saturated heterocycles. The number of carboxylic acids is 1. The molecule has 0 aliphatic heterocycles. The van der Waals surface area contributed by atoms with Gasteiger partial charge in [-0.1, -0.05) is 5.92 Å². The standard InChI is InChI=1S/C10H6N2O2/c11-7-8-3-2-6-12-9(8)4-1-5-10(13)14/h2-3,6H,5H2,(H,13,14). The lowest BCUT2D eigenvalue weighted by atomic mass is 10.2. The SMILES string of the molecule is N#Cc1cccnc1C#CCC(=O)O. The lowest BCUT2D eigenvalue weighted by Crippen LogP contribution is -1.91. The molecule has 0 bridgehead atoms. The molecule has 0 amide bonds. The Bertz CT molecular complexity index is 449. The maximum absolute atomic E-state index is 10.2. The first-order valence-electron chi connectivity index (χ1n) is 3.80. The topological polar surface area (TPSA) is 74.0 Å². The van der Waals surface area contributed by atoms with Gasteiger partial charge in [-0.25, -0.2) is 4.98 Å². The van der Waals surface area contributed by atoms with E-state index in [0.717, 1.165) is 0 Å². The normalized spacial score (nSPS) is 8.21. The largest absolute Gasteiger partial charge is 0.481 e. The maximum Gasteiger partial charge on any atom is 0.315 e. The van der Waals surface area contributed by atoms with Crippen LogP contribution < -0.4 is 0 Å². The van der Waals surface area contributed by atoms with Crippen LogP contribution in [0, 0.1) is 23.2 Å². The van der Waals surface area contributed by atoms with E-state index in [9.17, 15) is 4.79 Å². The number of rotatable bonds is 1. The fourth-order valence-corrected chi connectivity index (χ4v) is 0.799. The molecule has 4 nitrogen and oxygen atoms in total. The van der Waals surface area contributed by atoms with Gasteiger partial charge >= 0.3 is 5.97 Å². The van der Waals surface area contributed by atoms with Gasteiger partial charge in [0.15, 0.2) is 0 Å². The summed E-state index contributed by atoms with van der Waals surface area (Å²) in [7, 11) is 0. The predicted molar refractivity (Wildman–Crippen MR) is 48.1 cm³/mol. The average Bonchev–Trinajstić information content (AvgIpc) is 2.18. The van der Waals surface area contributed by atoms with Crippen LogP contribution in [0.3, 0.4) is 0 Å². The van der Waals surface area contributed by atoms with E-state index in [0.29, 0.717) is 11.3 Å². The van der Waals surface area contributed by atoms with E-state index in [1.807, 2.05) is 6.07 Å². The van der Waals surface area contributed by atoms with Crippen LogP contribution in [-0.4, -0.2) is 16.1 Å². The van der Waals surface area contributed by atoms with Crippen LogP contribution in [0.4, 0.5) is 0 Å². The summed E-state index contributed by atoms with van der Waals surface area (Å²) in [5, 5.41) is 17.0. The first-order chi connectivity index (χ1) is 6.74. The molecule has 14 heavy (non-hydrogen) atoms. The third-order valence-corrected chi connectivity index (χ3v) is 1.37.